The summed E-state index contributed by atoms with van der Waals surface area (Å²) in [5, 5.41) is 4.45. The lowest BCUT2D eigenvalue weighted by Gasteiger charge is -2.03. The van der Waals surface area contributed by atoms with Crippen LogP contribution < -0.4 is 16.0 Å². The third-order valence-corrected chi connectivity index (χ3v) is 3.43. The fraction of sp³-hybridized carbons (Fsp3) is 0.250. The minimum Gasteiger partial charge on any atom is -0.494 e. The van der Waals surface area contributed by atoms with E-state index in [-0.39, 0.29) is 5.56 Å². The standard InChI is InChI=1S/C16H18N4O2/c1-2-22-13-5-3-12(4-6-13)14-11-15-16(21)19(8-7-17)9-10-20(15)18-14/h3-6,9-11H,2,7-8,17H2,1H3. The predicted molar refractivity (Wildman–Crippen MR) is 85.1 cm³/mol. The number of rotatable bonds is 5. The van der Waals surface area contributed by atoms with Gasteiger partial charge in [0.05, 0.1) is 12.3 Å². The maximum atomic E-state index is 12.3. The molecular formula is C16H18N4O2. The Hall–Kier alpha value is -2.60. The summed E-state index contributed by atoms with van der Waals surface area (Å²) in [4.78, 5) is 12.3. The number of benzene rings is 1. The summed E-state index contributed by atoms with van der Waals surface area (Å²) in [7, 11) is 0. The molecular weight excluding hydrogens is 280 g/mol. The highest BCUT2D eigenvalue weighted by molar-refractivity contribution is 5.66. The predicted octanol–water partition coefficient (Wildman–Crippen LogP) is 1.52. The quantitative estimate of drug-likeness (QED) is 0.775. The van der Waals surface area contributed by atoms with E-state index in [1.165, 1.54) is 0 Å². The Kier molecular flexibility index (Phi) is 3.93. The zero-order valence-electron chi connectivity index (χ0n) is 12.4. The zero-order valence-corrected chi connectivity index (χ0v) is 12.4. The molecule has 0 aliphatic rings. The largest absolute Gasteiger partial charge is 0.494 e. The van der Waals surface area contributed by atoms with Crippen molar-refractivity contribution < 1.29 is 4.74 Å². The number of nitrogens with zero attached hydrogens (tertiary/aromatic N) is 3. The Bertz CT molecular complexity index is 833. The van der Waals surface area contributed by atoms with Crippen LogP contribution in [-0.4, -0.2) is 27.3 Å². The molecule has 0 saturated carbocycles. The van der Waals surface area contributed by atoms with Gasteiger partial charge in [-0.05, 0) is 37.3 Å². The summed E-state index contributed by atoms with van der Waals surface area (Å²) in [5.41, 5.74) is 7.67. The van der Waals surface area contributed by atoms with Crippen LogP contribution in [0, 0.1) is 0 Å². The summed E-state index contributed by atoms with van der Waals surface area (Å²) in [5.74, 6) is 0.820. The van der Waals surface area contributed by atoms with Gasteiger partial charge in [-0.25, -0.2) is 4.52 Å². The minimum absolute atomic E-state index is 0.0855. The lowest BCUT2D eigenvalue weighted by molar-refractivity contribution is 0.340. The van der Waals surface area contributed by atoms with Gasteiger partial charge in [-0.15, -0.1) is 0 Å². The van der Waals surface area contributed by atoms with Crippen LogP contribution in [0.4, 0.5) is 0 Å². The molecule has 0 unspecified atom stereocenters. The lowest BCUT2D eigenvalue weighted by Crippen LogP contribution is -2.24. The summed E-state index contributed by atoms with van der Waals surface area (Å²) in [6.45, 7) is 3.51. The average molecular weight is 298 g/mol. The zero-order chi connectivity index (χ0) is 15.5. The molecule has 0 aliphatic carbocycles. The van der Waals surface area contributed by atoms with Crippen molar-refractivity contribution in [1.82, 2.24) is 14.2 Å². The summed E-state index contributed by atoms with van der Waals surface area (Å²) >= 11 is 0. The Morgan fingerprint density at radius 3 is 2.68 bits per heavy atom. The van der Waals surface area contributed by atoms with E-state index in [2.05, 4.69) is 5.10 Å². The van der Waals surface area contributed by atoms with Crippen molar-refractivity contribution >= 4 is 5.52 Å². The summed E-state index contributed by atoms with van der Waals surface area (Å²) < 4.78 is 8.62. The fourth-order valence-corrected chi connectivity index (χ4v) is 2.37. The van der Waals surface area contributed by atoms with Gasteiger partial charge in [-0.1, -0.05) is 0 Å². The number of hydrogen-bond donors (Lipinski definition) is 1. The maximum Gasteiger partial charge on any atom is 0.276 e. The van der Waals surface area contributed by atoms with Crippen LogP contribution in [0.2, 0.25) is 0 Å². The summed E-state index contributed by atoms with van der Waals surface area (Å²) in [6, 6.07) is 9.46. The first-order chi connectivity index (χ1) is 10.7. The SMILES string of the molecule is CCOc1ccc(-c2cc3c(=O)n(CCN)ccn3n2)cc1. The molecule has 0 amide bonds. The molecule has 3 aromatic rings. The number of fused-ring (bicyclic) bond motifs is 1. The van der Waals surface area contributed by atoms with Gasteiger partial charge in [-0.2, -0.15) is 5.10 Å². The molecule has 0 atom stereocenters. The highest BCUT2D eigenvalue weighted by Gasteiger charge is 2.09. The van der Waals surface area contributed by atoms with Crippen molar-refractivity contribution in [2.24, 2.45) is 5.73 Å². The van der Waals surface area contributed by atoms with Crippen LogP contribution in [-0.2, 0) is 6.54 Å². The smallest absolute Gasteiger partial charge is 0.276 e. The van der Waals surface area contributed by atoms with Gasteiger partial charge in [0.25, 0.3) is 5.56 Å². The fourth-order valence-electron chi connectivity index (χ4n) is 2.37. The van der Waals surface area contributed by atoms with Crippen molar-refractivity contribution in [1.29, 1.82) is 0 Å². The van der Waals surface area contributed by atoms with Crippen molar-refractivity contribution in [3.63, 3.8) is 0 Å². The van der Waals surface area contributed by atoms with Gasteiger partial charge >= 0.3 is 0 Å². The van der Waals surface area contributed by atoms with E-state index in [9.17, 15) is 4.79 Å². The number of nitrogens with two attached hydrogens (primary N) is 1. The average Bonchev–Trinajstić information content (AvgIpc) is 2.96. The van der Waals surface area contributed by atoms with Gasteiger partial charge in [0.1, 0.15) is 11.3 Å². The minimum atomic E-state index is -0.0855. The molecule has 1 aromatic carbocycles. The van der Waals surface area contributed by atoms with Gasteiger partial charge < -0.3 is 15.0 Å². The van der Waals surface area contributed by atoms with Gasteiger partial charge in [0.15, 0.2) is 0 Å². The molecule has 22 heavy (non-hydrogen) atoms. The molecule has 0 radical (unpaired) electrons. The Balaban J connectivity index is 2.01. The molecule has 2 aromatic heterocycles. The van der Waals surface area contributed by atoms with E-state index in [0.717, 1.165) is 17.0 Å². The van der Waals surface area contributed by atoms with Gasteiger partial charge in [0.2, 0.25) is 0 Å². The second kappa shape index (κ2) is 6.03. The highest BCUT2D eigenvalue weighted by Crippen LogP contribution is 2.21. The van der Waals surface area contributed by atoms with E-state index in [0.29, 0.717) is 25.2 Å². The molecule has 0 aliphatic heterocycles. The van der Waals surface area contributed by atoms with E-state index in [4.69, 9.17) is 10.5 Å². The van der Waals surface area contributed by atoms with Crippen LogP contribution in [0.1, 0.15) is 6.92 Å². The Morgan fingerprint density at radius 1 is 1.23 bits per heavy atom. The molecule has 2 N–H and O–H groups in total. The third-order valence-electron chi connectivity index (χ3n) is 3.43. The maximum absolute atomic E-state index is 12.3. The molecule has 114 valence electrons. The molecule has 0 bridgehead atoms. The van der Waals surface area contributed by atoms with Crippen molar-refractivity contribution in [3.8, 4) is 17.0 Å². The number of aromatic nitrogens is 3. The van der Waals surface area contributed by atoms with Gasteiger partial charge in [0, 0.05) is 31.0 Å². The number of ether oxygens (including phenoxy) is 1. The van der Waals surface area contributed by atoms with E-state index < -0.39 is 0 Å². The van der Waals surface area contributed by atoms with Crippen LogP contribution in [0.5, 0.6) is 5.75 Å². The van der Waals surface area contributed by atoms with Crippen molar-refractivity contribution in [2.45, 2.75) is 13.5 Å². The Labute approximate surface area is 127 Å². The van der Waals surface area contributed by atoms with Crippen LogP contribution in [0.3, 0.4) is 0 Å². The molecule has 6 nitrogen and oxygen atoms in total. The van der Waals surface area contributed by atoms with Crippen LogP contribution in [0.15, 0.2) is 47.5 Å². The first-order valence-corrected chi connectivity index (χ1v) is 7.25. The second-order valence-corrected chi connectivity index (χ2v) is 4.90. The van der Waals surface area contributed by atoms with E-state index >= 15 is 0 Å². The van der Waals surface area contributed by atoms with Crippen molar-refractivity contribution in [2.75, 3.05) is 13.2 Å². The topological polar surface area (TPSA) is 74.5 Å². The van der Waals surface area contributed by atoms with Crippen LogP contribution >= 0.6 is 0 Å². The number of hydrogen-bond acceptors (Lipinski definition) is 4. The van der Waals surface area contributed by atoms with Gasteiger partial charge in [-0.3, -0.25) is 4.79 Å². The Morgan fingerprint density at radius 2 is 2.00 bits per heavy atom. The lowest BCUT2D eigenvalue weighted by atomic mass is 10.1. The van der Waals surface area contributed by atoms with E-state index in [1.807, 2.05) is 31.2 Å². The first-order valence-electron chi connectivity index (χ1n) is 7.25. The molecule has 0 fully saturated rings. The first kappa shape index (κ1) is 14.3. The van der Waals surface area contributed by atoms with E-state index in [1.54, 1.807) is 27.5 Å². The molecule has 6 heteroatoms. The van der Waals surface area contributed by atoms with Crippen molar-refractivity contribution in [3.05, 3.63) is 53.1 Å². The second-order valence-electron chi connectivity index (χ2n) is 4.90. The molecule has 0 saturated heterocycles. The normalized spacial score (nSPS) is 11.0. The molecule has 0 spiro atoms. The highest BCUT2D eigenvalue weighted by atomic mass is 16.5. The third kappa shape index (κ3) is 2.60. The van der Waals surface area contributed by atoms with Crippen LogP contribution in [0.25, 0.3) is 16.8 Å². The molecule has 2 heterocycles. The molecule has 3 rings (SSSR count). The summed E-state index contributed by atoms with van der Waals surface area (Å²) in [6.07, 6.45) is 3.47. The monoisotopic (exact) mass is 298 g/mol.